The van der Waals surface area contributed by atoms with Crippen LogP contribution in [0.4, 0.5) is 8.78 Å². The first-order valence-corrected chi connectivity index (χ1v) is 7.49. The van der Waals surface area contributed by atoms with Crippen LogP contribution >= 0.6 is 31.9 Å². The molecule has 2 aromatic carbocycles. The molecule has 0 aliphatic carbocycles. The highest BCUT2D eigenvalue weighted by Crippen LogP contribution is 2.33. The van der Waals surface area contributed by atoms with Crippen molar-refractivity contribution in [3.8, 4) is 0 Å². The SMILES string of the molecule is Cc1cc(C(O)c2c(F)cc(Br)cc2F)c(C)cc1Br. The first-order chi connectivity index (χ1) is 9.31. The molecule has 2 aromatic rings. The minimum atomic E-state index is -1.34. The van der Waals surface area contributed by atoms with Gasteiger partial charge in [0.1, 0.15) is 17.7 Å². The van der Waals surface area contributed by atoms with Crippen LogP contribution < -0.4 is 0 Å². The zero-order chi connectivity index (χ0) is 15.0. The summed E-state index contributed by atoms with van der Waals surface area (Å²) in [7, 11) is 0. The number of rotatable bonds is 2. The van der Waals surface area contributed by atoms with Gasteiger partial charge >= 0.3 is 0 Å². The molecular formula is C15H12Br2F2O. The van der Waals surface area contributed by atoms with E-state index in [1.165, 1.54) is 0 Å². The van der Waals surface area contributed by atoms with E-state index in [1.54, 1.807) is 13.0 Å². The Morgan fingerprint density at radius 2 is 1.50 bits per heavy atom. The average Bonchev–Trinajstić information content (AvgIpc) is 2.32. The molecule has 0 bridgehead atoms. The van der Waals surface area contributed by atoms with E-state index < -0.39 is 17.7 Å². The highest BCUT2D eigenvalue weighted by atomic mass is 79.9. The maximum absolute atomic E-state index is 13.9. The Kier molecular flexibility index (Phi) is 4.62. The fourth-order valence-electron chi connectivity index (χ4n) is 2.07. The van der Waals surface area contributed by atoms with Crippen LogP contribution in [0.15, 0.2) is 33.2 Å². The van der Waals surface area contributed by atoms with Crippen molar-refractivity contribution >= 4 is 31.9 Å². The van der Waals surface area contributed by atoms with Crippen molar-refractivity contribution in [2.24, 2.45) is 0 Å². The summed E-state index contributed by atoms with van der Waals surface area (Å²) in [5.74, 6) is -1.55. The predicted octanol–water partition coefficient (Wildman–Crippen LogP) is 5.19. The number of halogens is 4. The minimum Gasteiger partial charge on any atom is -0.383 e. The van der Waals surface area contributed by atoms with Crippen molar-refractivity contribution in [2.45, 2.75) is 20.0 Å². The number of hydrogen-bond donors (Lipinski definition) is 1. The number of hydrogen-bond acceptors (Lipinski definition) is 1. The molecule has 0 aromatic heterocycles. The molecule has 0 amide bonds. The van der Waals surface area contributed by atoms with E-state index in [4.69, 9.17) is 0 Å². The molecule has 0 aliphatic heterocycles. The molecule has 0 saturated carbocycles. The van der Waals surface area contributed by atoms with Crippen LogP contribution in [-0.4, -0.2) is 5.11 Å². The summed E-state index contributed by atoms with van der Waals surface area (Å²) in [6.07, 6.45) is -1.34. The van der Waals surface area contributed by atoms with Crippen molar-refractivity contribution < 1.29 is 13.9 Å². The van der Waals surface area contributed by atoms with E-state index in [2.05, 4.69) is 31.9 Å². The summed E-state index contributed by atoms with van der Waals surface area (Å²) in [5.41, 5.74) is 1.81. The van der Waals surface area contributed by atoms with Gasteiger partial charge in [0, 0.05) is 8.95 Å². The molecule has 106 valence electrons. The number of aryl methyl sites for hydroxylation is 2. The molecule has 2 rings (SSSR count). The van der Waals surface area contributed by atoms with E-state index in [-0.39, 0.29) is 5.56 Å². The summed E-state index contributed by atoms with van der Waals surface area (Å²) >= 11 is 6.41. The Balaban J connectivity index is 2.57. The summed E-state index contributed by atoms with van der Waals surface area (Å²) in [4.78, 5) is 0. The zero-order valence-electron chi connectivity index (χ0n) is 10.8. The van der Waals surface area contributed by atoms with Crippen LogP contribution in [0.5, 0.6) is 0 Å². The predicted molar refractivity (Wildman–Crippen MR) is 81.7 cm³/mol. The summed E-state index contributed by atoms with van der Waals surface area (Å²) in [6, 6.07) is 5.83. The van der Waals surface area contributed by atoms with Crippen molar-refractivity contribution in [3.05, 3.63) is 67.1 Å². The Bertz CT molecular complexity index is 648. The first kappa shape index (κ1) is 15.6. The van der Waals surface area contributed by atoms with Crippen LogP contribution in [0, 0.1) is 25.5 Å². The van der Waals surface area contributed by atoms with Crippen molar-refractivity contribution in [1.29, 1.82) is 0 Å². The van der Waals surface area contributed by atoms with Gasteiger partial charge in [-0.2, -0.15) is 0 Å². The minimum absolute atomic E-state index is 0.298. The highest BCUT2D eigenvalue weighted by Gasteiger charge is 2.22. The molecule has 0 radical (unpaired) electrons. The average molecular weight is 406 g/mol. The fraction of sp³-hybridized carbons (Fsp3) is 0.200. The molecular weight excluding hydrogens is 394 g/mol. The lowest BCUT2D eigenvalue weighted by atomic mass is 9.95. The smallest absolute Gasteiger partial charge is 0.133 e. The Morgan fingerprint density at radius 3 is 2.05 bits per heavy atom. The molecule has 0 aliphatic rings. The van der Waals surface area contributed by atoms with Gasteiger partial charge in [-0.05, 0) is 48.7 Å². The monoisotopic (exact) mass is 404 g/mol. The maximum Gasteiger partial charge on any atom is 0.133 e. The quantitative estimate of drug-likeness (QED) is 0.728. The van der Waals surface area contributed by atoms with Gasteiger partial charge in [-0.15, -0.1) is 0 Å². The van der Waals surface area contributed by atoms with Crippen molar-refractivity contribution in [2.75, 3.05) is 0 Å². The molecule has 1 N–H and O–H groups in total. The zero-order valence-corrected chi connectivity index (χ0v) is 14.0. The van der Waals surface area contributed by atoms with Gasteiger partial charge in [0.15, 0.2) is 0 Å². The van der Waals surface area contributed by atoms with Crippen LogP contribution in [0.3, 0.4) is 0 Å². The van der Waals surface area contributed by atoms with E-state index >= 15 is 0 Å². The third-order valence-corrected chi connectivity index (χ3v) is 4.47. The molecule has 5 heteroatoms. The number of aliphatic hydroxyl groups is 1. The van der Waals surface area contributed by atoms with Gasteiger partial charge in [0.2, 0.25) is 0 Å². The van der Waals surface area contributed by atoms with Gasteiger partial charge in [-0.25, -0.2) is 8.78 Å². The topological polar surface area (TPSA) is 20.2 Å². The lowest BCUT2D eigenvalue weighted by molar-refractivity contribution is 0.208. The number of aliphatic hydroxyl groups excluding tert-OH is 1. The van der Waals surface area contributed by atoms with Crippen LogP contribution in [0.2, 0.25) is 0 Å². The molecule has 1 nitrogen and oxygen atoms in total. The van der Waals surface area contributed by atoms with Gasteiger partial charge in [-0.1, -0.05) is 37.9 Å². The molecule has 20 heavy (non-hydrogen) atoms. The summed E-state index contributed by atoms with van der Waals surface area (Å²) in [6.45, 7) is 3.64. The second-order valence-electron chi connectivity index (χ2n) is 4.64. The lowest BCUT2D eigenvalue weighted by Crippen LogP contribution is -2.08. The van der Waals surface area contributed by atoms with Crippen molar-refractivity contribution in [1.82, 2.24) is 0 Å². The second kappa shape index (κ2) is 5.92. The van der Waals surface area contributed by atoms with Gasteiger partial charge in [0.25, 0.3) is 0 Å². The highest BCUT2D eigenvalue weighted by molar-refractivity contribution is 9.10. The standard InChI is InChI=1S/C15H12Br2F2O/c1-7-4-11(17)8(2)3-10(7)15(20)14-12(18)5-9(16)6-13(14)19/h3-6,15,20H,1-2H3. The van der Waals surface area contributed by atoms with E-state index in [0.29, 0.717) is 10.0 Å². The molecule has 0 saturated heterocycles. The molecule has 0 heterocycles. The Labute approximate surface area is 132 Å². The van der Waals surface area contributed by atoms with Crippen LogP contribution in [0.25, 0.3) is 0 Å². The Morgan fingerprint density at radius 1 is 0.950 bits per heavy atom. The van der Waals surface area contributed by atoms with Gasteiger partial charge in [-0.3, -0.25) is 0 Å². The summed E-state index contributed by atoms with van der Waals surface area (Å²) < 4.78 is 29.0. The summed E-state index contributed by atoms with van der Waals surface area (Å²) in [5, 5.41) is 10.3. The molecule has 1 unspecified atom stereocenters. The third-order valence-electron chi connectivity index (χ3n) is 3.16. The van der Waals surface area contributed by atoms with E-state index in [0.717, 1.165) is 27.7 Å². The van der Waals surface area contributed by atoms with E-state index in [9.17, 15) is 13.9 Å². The fourth-order valence-corrected chi connectivity index (χ4v) is 2.93. The maximum atomic E-state index is 13.9. The largest absolute Gasteiger partial charge is 0.383 e. The molecule has 1 atom stereocenters. The van der Waals surface area contributed by atoms with Gasteiger partial charge < -0.3 is 5.11 Å². The third kappa shape index (κ3) is 2.95. The van der Waals surface area contributed by atoms with Crippen molar-refractivity contribution in [3.63, 3.8) is 0 Å². The Hall–Kier alpha value is -0.780. The van der Waals surface area contributed by atoms with Crippen LogP contribution in [0.1, 0.15) is 28.4 Å². The van der Waals surface area contributed by atoms with Gasteiger partial charge in [0.05, 0.1) is 5.56 Å². The normalized spacial score (nSPS) is 12.6. The number of benzene rings is 2. The van der Waals surface area contributed by atoms with E-state index in [1.807, 2.05) is 13.0 Å². The molecule has 0 fully saturated rings. The molecule has 0 spiro atoms. The first-order valence-electron chi connectivity index (χ1n) is 5.90. The van der Waals surface area contributed by atoms with Crippen LogP contribution in [-0.2, 0) is 0 Å². The second-order valence-corrected chi connectivity index (χ2v) is 6.41. The lowest BCUT2D eigenvalue weighted by Gasteiger charge is -2.17.